The summed E-state index contributed by atoms with van der Waals surface area (Å²) in [5.74, 6) is 0. The molecule has 2 atom stereocenters. The molecule has 0 saturated carbocycles. The number of methoxy groups -OCH3 is 1. The van der Waals surface area contributed by atoms with E-state index >= 15 is 0 Å². The molecule has 3 nitrogen and oxygen atoms in total. The molecular weight excluding hydrogens is 212 g/mol. The molecule has 0 aromatic heterocycles. The van der Waals surface area contributed by atoms with Crippen molar-refractivity contribution in [3.8, 4) is 0 Å². The van der Waals surface area contributed by atoms with Gasteiger partial charge in [0.25, 0.3) is 0 Å². The van der Waals surface area contributed by atoms with Gasteiger partial charge < -0.3 is 10.5 Å². The molecule has 1 aliphatic rings. The van der Waals surface area contributed by atoms with Crippen LogP contribution < -0.4 is 5.73 Å². The van der Waals surface area contributed by atoms with E-state index in [1.807, 2.05) is 0 Å². The zero-order valence-corrected chi connectivity index (χ0v) is 12.0. The van der Waals surface area contributed by atoms with Crippen LogP contribution in [0.1, 0.15) is 52.9 Å². The van der Waals surface area contributed by atoms with Gasteiger partial charge in [-0.25, -0.2) is 0 Å². The number of hydrogen-bond donors (Lipinski definition) is 1. The van der Waals surface area contributed by atoms with Gasteiger partial charge in [0.05, 0.1) is 5.60 Å². The van der Waals surface area contributed by atoms with Gasteiger partial charge in [0.15, 0.2) is 0 Å². The van der Waals surface area contributed by atoms with Crippen LogP contribution in [0.25, 0.3) is 0 Å². The van der Waals surface area contributed by atoms with Gasteiger partial charge in [-0.05, 0) is 46.1 Å². The van der Waals surface area contributed by atoms with E-state index in [2.05, 4.69) is 25.7 Å². The fourth-order valence-electron chi connectivity index (χ4n) is 2.93. The molecule has 0 spiro atoms. The van der Waals surface area contributed by atoms with Crippen molar-refractivity contribution >= 4 is 0 Å². The van der Waals surface area contributed by atoms with Gasteiger partial charge >= 0.3 is 0 Å². The normalized spacial score (nSPS) is 24.9. The number of nitrogens with two attached hydrogens (primary N) is 1. The van der Waals surface area contributed by atoms with Crippen molar-refractivity contribution in [2.24, 2.45) is 5.73 Å². The van der Waals surface area contributed by atoms with Crippen molar-refractivity contribution in [3.05, 3.63) is 0 Å². The maximum Gasteiger partial charge on any atom is 0.0638 e. The summed E-state index contributed by atoms with van der Waals surface area (Å²) in [6.45, 7) is 8.54. The van der Waals surface area contributed by atoms with Crippen molar-refractivity contribution in [3.63, 3.8) is 0 Å². The van der Waals surface area contributed by atoms with E-state index in [-0.39, 0.29) is 5.60 Å². The minimum absolute atomic E-state index is 0.0697. The molecule has 1 heterocycles. The first-order valence-corrected chi connectivity index (χ1v) is 7.05. The average Bonchev–Trinajstić information content (AvgIpc) is 2.36. The first kappa shape index (κ1) is 14.9. The molecule has 0 aliphatic carbocycles. The maximum absolute atomic E-state index is 5.99. The lowest BCUT2D eigenvalue weighted by Gasteiger charge is -2.43. The van der Waals surface area contributed by atoms with Crippen LogP contribution >= 0.6 is 0 Å². The lowest BCUT2D eigenvalue weighted by Crippen LogP contribution is -2.51. The van der Waals surface area contributed by atoms with Crippen LogP contribution in [0, 0.1) is 0 Å². The van der Waals surface area contributed by atoms with Gasteiger partial charge in [-0.1, -0.05) is 13.3 Å². The van der Waals surface area contributed by atoms with E-state index < -0.39 is 0 Å². The standard InChI is InChI=1S/C14H30N2O/c1-5-12-8-6-7-9-16(12)13(11-15)10-14(2,3)17-4/h12-13H,5-11,15H2,1-4H3. The zero-order chi connectivity index (χ0) is 12.9. The average molecular weight is 242 g/mol. The number of nitrogens with zero attached hydrogens (tertiary/aromatic N) is 1. The number of piperidine rings is 1. The highest BCUT2D eigenvalue weighted by molar-refractivity contribution is 4.87. The molecule has 2 N–H and O–H groups in total. The van der Waals surface area contributed by atoms with E-state index in [1.165, 1.54) is 32.2 Å². The Labute approximate surface area is 107 Å². The van der Waals surface area contributed by atoms with Crippen LogP contribution in [0.15, 0.2) is 0 Å². The van der Waals surface area contributed by atoms with Crippen LogP contribution in [0.5, 0.6) is 0 Å². The summed E-state index contributed by atoms with van der Waals surface area (Å²) in [6.07, 6.45) is 6.29. The molecule has 2 unspecified atom stereocenters. The van der Waals surface area contributed by atoms with Crippen LogP contribution in [-0.4, -0.2) is 42.8 Å². The summed E-state index contributed by atoms with van der Waals surface area (Å²) in [7, 11) is 1.79. The fourth-order valence-corrected chi connectivity index (χ4v) is 2.93. The molecule has 0 aromatic carbocycles. The molecule has 0 amide bonds. The van der Waals surface area contributed by atoms with Crippen molar-refractivity contribution in [1.29, 1.82) is 0 Å². The Bertz CT molecular complexity index is 218. The Hall–Kier alpha value is -0.120. The largest absolute Gasteiger partial charge is 0.379 e. The van der Waals surface area contributed by atoms with Crippen LogP contribution in [0.2, 0.25) is 0 Å². The first-order valence-electron chi connectivity index (χ1n) is 7.05. The van der Waals surface area contributed by atoms with Gasteiger partial charge in [-0.3, -0.25) is 4.90 Å². The molecular formula is C14H30N2O. The second kappa shape index (κ2) is 6.72. The van der Waals surface area contributed by atoms with E-state index in [9.17, 15) is 0 Å². The summed E-state index contributed by atoms with van der Waals surface area (Å²) < 4.78 is 5.55. The summed E-state index contributed by atoms with van der Waals surface area (Å²) >= 11 is 0. The number of ether oxygens (including phenoxy) is 1. The Balaban J connectivity index is 2.64. The lowest BCUT2D eigenvalue weighted by atomic mass is 9.92. The monoisotopic (exact) mass is 242 g/mol. The molecule has 102 valence electrons. The van der Waals surface area contributed by atoms with Gasteiger partial charge in [0.2, 0.25) is 0 Å². The highest BCUT2D eigenvalue weighted by Crippen LogP contribution is 2.26. The summed E-state index contributed by atoms with van der Waals surface area (Å²) in [5, 5.41) is 0. The van der Waals surface area contributed by atoms with Gasteiger partial charge in [-0.2, -0.15) is 0 Å². The lowest BCUT2D eigenvalue weighted by molar-refractivity contribution is -0.0197. The molecule has 3 heteroatoms. The van der Waals surface area contributed by atoms with Crippen molar-refractivity contribution < 1.29 is 4.74 Å². The zero-order valence-electron chi connectivity index (χ0n) is 12.0. The first-order chi connectivity index (χ1) is 8.04. The predicted molar refractivity (Wildman–Crippen MR) is 73.2 cm³/mol. The molecule has 0 bridgehead atoms. The third-order valence-electron chi connectivity index (χ3n) is 4.16. The SMILES string of the molecule is CCC1CCCCN1C(CN)CC(C)(C)OC. The third kappa shape index (κ3) is 4.23. The highest BCUT2D eigenvalue weighted by Gasteiger charge is 2.31. The van der Waals surface area contributed by atoms with Crippen molar-refractivity contribution in [1.82, 2.24) is 4.90 Å². The Kier molecular flexibility index (Phi) is 5.90. The minimum Gasteiger partial charge on any atom is -0.379 e. The number of hydrogen-bond acceptors (Lipinski definition) is 3. The molecule has 1 fully saturated rings. The topological polar surface area (TPSA) is 38.5 Å². The van der Waals surface area contributed by atoms with Gasteiger partial charge in [0, 0.05) is 25.7 Å². The molecule has 0 aromatic rings. The third-order valence-corrected chi connectivity index (χ3v) is 4.16. The van der Waals surface area contributed by atoms with E-state index in [0.717, 1.165) is 19.0 Å². The van der Waals surface area contributed by atoms with Crippen LogP contribution in [-0.2, 0) is 4.74 Å². The Morgan fingerprint density at radius 2 is 2.12 bits per heavy atom. The van der Waals surface area contributed by atoms with Crippen LogP contribution in [0.3, 0.4) is 0 Å². The maximum atomic E-state index is 5.99. The van der Waals surface area contributed by atoms with Crippen molar-refractivity contribution in [2.45, 2.75) is 70.6 Å². The molecule has 1 aliphatic heterocycles. The molecule has 1 saturated heterocycles. The van der Waals surface area contributed by atoms with Gasteiger partial charge in [0.1, 0.15) is 0 Å². The van der Waals surface area contributed by atoms with E-state index in [0.29, 0.717) is 6.04 Å². The van der Waals surface area contributed by atoms with E-state index in [1.54, 1.807) is 7.11 Å². The Morgan fingerprint density at radius 3 is 2.65 bits per heavy atom. The van der Waals surface area contributed by atoms with E-state index in [4.69, 9.17) is 10.5 Å². The van der Waals surface area contributed by atoms with Crippen molar-refractivity contribution in [2.75, 3.05) is 20.2 Å². The quantitative estimate of drug-likeness (QED) is 0.777. The smallest absolute Gasteiger partial charge is 0.0638 e. The summed E-state index contributed by atoms with van der Waals surface area (Å²) in [5.41, 5.74) is 5.92. The minimum atomic E-state index is -0.0697. The number of likely N-dealkylation sites (tertiary alicyclic amines) is 1. The highest BCUT2D eigenvalue weighted by atomic mass is 16.5. The second-order valence-corrected chi connectivity index (χ2v) is 5.85. The molecule has 17 heavy (non-hydrogen) atoms. The molecule has 1 rings (SSSR count). The van der Waals surface area contributed by atoms with Gasteiger partial charge in [-0.15, -0.1) is 0 Å². The Morgan fingerprint density at radius 1 is 1.41 bits per heavy atom. The summed E-state index contributed by atoms with van der Waals surface area (Å²) in [4.78, 5) is 2.63. The molecule has 0 radical (unpaired) electrons. The predicted octanol–water partition coefficient (Wildman–Crippen LogP) is 2.39. The summed E-state index contributed by atoms with van der Waals surface area (Å²) in [6, 6.07) is 1.19. The fraction of sp³-hybridized carbons (Fsp3) is 1.00. The second-order valence-electron chi connectivity index (χ2n) is 5.85. The number of rotatable bonds is 6. The van der Waals surface area contributed by atoms with Crippen LogP contribution in [0.4, 0.5) is 0 Å².